The van der Waals surface area contributed by atoms with Gasteiger partial charge in [-0.2, -0.15) is 0 Å². The van der Waals surface area contributed by atoms with Crippen molar-refractivity contribution in [3.05, 3.63) is 48.0 Å². The van der Waals surface area contributed by atoms with E-state index in [0.717, 1.165) is 34.8 Å². The van der Waals surface area contributed by atoms with Crippen LogP contribution in [0.3, 0.4) is 0 Å². The standard InChI is InChI=1S/C27H37N3O/c1-7-31-23-12-13-24-25(15-23)30(22-14-19(4)16-27(5,6)17-22)26(29-24)28-21-10-8-20(9-11-21)18(2)3/h8-13,15,18-19,22H,7,14,16-17H2,1-6H3,(H,28,29)/t19-,22+/m0/s1. The van der Waals surface area contributed by atoms with Gasteiger partial charge in [-0.1, -0.05) is 46.8 Å². The first-order valence-electron chi connectivity index (χ1n) is 11.8. The van der Waals surface area contributed by atoms with E-state index in [9.17, 15) is 0 Å². The second-order valence-electron chi connectivity index (χ2n) is 10.4. The van der Waals surface area contributed by atoms with Crippen molar-refractivity contribution in [3.8, 4) is 5.75 Å². The third-order valence-corrected chi connectivity index (χ3v) is 6.53. The second kappa shape index (κ2) is 8.57. The molecule has 0 unspecified atom stereocenters. The van der Waals surface area contributed by atoms with Gasteiger partial charge in [0.05, 0.1) is 17.6 Å². The highest BCUT2D eigenvalue weighted by molar-refractivity contribution is 5.81. The van der Waals surface area contributed by atoms with E-state index in [-0.39, 0.29) is 0 Å². The number of nitrogens with zero attached hydrogens (tertiary/aromatic N) is 2. The van der Waals surface area contributed by atoms with E-state index in [1.807, 2.05) is 13.0 Å². The molecule has 166 valence electrons. The van der Waals surface area contributed by atoms with Crippen molar-refractivity contribution < 1.29 is 4.74 Å². The van der Waals surface area contributed by atoms with Crippen LogP contribution in [0.5, 0.6) is 5.75 Å². The fourth-order valence-electron chi connectivity index (χ4n) is 5.36. The van der Waals surface area contributed by atoms with Crippen molar-refractivity contribution in [2.24, 2.45) is 11.3 Å². The Morgan fingerprint density at radius 3 is 2.52 bits per heavy atom. The third kappa shape index (κ3) is 4.73. The Bertz CT molecular complexity index is 1030. The van der Waals surface area contributed by atoms with E-state index >= 15 is 0 Å². The minimum atomic E-state index is 0.326. The average Bonchev–Trinajstić information content (AvgIpc) is 3.04. The molecule has 1 N–H and O–H groups in total. The van der Waals surface area contributed by atoms with Gasteiger partial charge in [0.15, 0.2) is 0 Å². The molecule has 0 spiro atoms. The molecule has 2 aromatic carbocycles. The molecule has 2 atom stereocenters. The summed E-state index contributed by atoms with van der Waals surface area (Å²) in [4.78, 5) is 5.01. The molecule has 3 aromatic rings. The predicted octanol–water partition coefficient (Wildman–Crippen LogP) is 7.69. The predicted molar refractivity (Wildman–Crippen MR) is 131 cm³/mol. The Balaban J connectivity index is 1.77. The summed E-state index contributed by atoms with van der Waals surface area (Å²) in [6, 6.07) is 15.4. The molecule has 0 bridgehead atoms. The summed E-state index contributed by atoms with van der Waals surface area (Å²) in [5.41, 5.74) is 4.92. The fraction of sp³-hybridized carbons (Fsp3) is 0.519. The molecule has 4 heteroatoms. The SMILES string of the molecule is CCOc1ccc2nc(Nc3ccc(C(C)C)cc3)n([C@@H]3C[C@H](C)CC(C)(C)C3)c2c1. The largest absolute Gasteiger partial charge is 0.494 e. The van der Waals surface area contributed by atoms with Crippen molar-refractivity contribution >= 4 is 22.7 Å². The van der Waals surface area contributed by atoms with Crippen LogP contribution in [-0.2, 0) is 0 Å². The highest BCUT2D eigenvalue weighted by atomic mass is 16.5. The molecule has 0 amide bonds. The molecule has 31 heavy (non-hydrogen) atoms. The third-order valence-electron chi connectivity index (χ3n) is 6.53. The highest BCUT2D eigenvalue weighted by Gasteiger charge is 2.34. The van der Waals surface area contributed by atoms with Crippen molar-refractivity contribution in [1.29, 1.82) is 0 Å². The van der Waals surface area contributed by atoms with E-state index in [4.69, 9.17) is 9.72 Å². The quantitative estimate of drug-likeness (QED) is 0.445. The number of hydrogen-bond donors (Lipinski definition) is 1. The zero-order valence-corrected chi connectivity index (χ0v) is 19.9. The lowest BCUT2D eigenvalue weighted by Gasteiger charge is -2.40. The van der Waals surface area contributed by atoms with Gasteiger partial charge in [-0.25, -0.2) is 4.98 Å². The zero-order valence-electron chi connectivity index (χ0n) is 19.9. The molecule has 1 saturated carbocycles. The minimum Gasteiger partial charge on any atom is -0.494 e. The zero-order chi connectivity index (χ0) is 22.2. The van der Waals surface area contributed by atoms with Crippen LogP contribution in [0, 0.1) is 11.3 Å². The summed E-state index contributed by atoms with van der Waals surface area (Å²) in [6.07, 6.45) is 3.61. The second-order valence-corrected chi connectivity index (χ2v) is 10.4. The van der Waals surface area contributed by atoms with Crippen LogP contribution in [0.4, 0.5) is 11.6 Å². The van der Waals surface area contributed by atoms with Crippen molar-refractivity contribution in [3.63, 3.8) is 0 Å². The number of imidazole rings is 1. The van der Waals surface area contributed by atoms with E-state index < -0.39 is 0 Å². The summed E-state index contributed by atoms with van der Waals surface area (Å²) in [5.74, 6) is 3.06. The number of aromatic nitrogens is 2. The van der Waals surface area contributed by atoms with Gasteiger partial charge >= 0.3 is 0 Å². The Morgan fingerprint density at radius 1 is 1.13 bits per heavy atom. The van der Waals surface area contributed by atoms with Crippen LogP contribution in [0.25, 0.3) is 11.0 Å². The number of hydrogen-bond acceptors (Lipinski definition) is 3. The molecule has 1 fully saturated rings. The molecule has 4 rings (SSSR count). The van der Waals surface area contributed by atoms with E-state index in [0.29, 0.717) is 29.9 Å². The van der Waals surface area contributed by atoms with Crippen molar-refractivity contribution in [2.45, 2.75) is 72.8 Å². The number of fused-ring (bicyclic) bond motifs is 1. The topological polar surface area (TPSA) is 39.1 Å². The number of anilines is 2. The average molecular weight is 420 g/mol. The monoisotopic (exact) mass is 419 g/mol. The van der Waals surface area contributed by atoms with Gasteiger partial charge in [0.2, 0.25) is 5.95 Å². The lowest BCUT2D eigenvalue weighted by Crippen LogP contribution is -2.29. The number of rotatable bonds is 6. The van der Waals surface area contributed by atoms with Gasteiger partial charge in [0.1, 0.15) is 5.75 Å². The molecule has 1 aliphatic carbocycles. The molecule has 1 aromatic heterocycles. The maximum atomic E-state index is 5.82. The number of ether oxygens (including phenoxy) is 1. The maximum Gasteiger partial charge on any atom is 0.208 e. The highest BCUT2D eigenvalue weighted by Crippen LogP contribution is 2.46. The van der Waals surface area contributed by atoms with Crippen molar-refractivity contribution in [2.75, 3.05) is 11.9 Å². The Hall–Kier alpha value is -2.49. The van der Waals surface area contributed by atoms with Crippen molar-refractivity contribution in [1.82, 2.24) is 9.55 Å². The fourth-order valence-corrected chi connectivity index (χ4v) is 5.36. The first-order valence-corrected chi connectivity index (χ1v) is 11.8. The summed E-state index contributed by atoms with van der Waals surface area (Å²) in [6.45, 7) is 14.3. The van der Waals surface area contributed by atoms with Crippen LogP contribution in [0.1, 0.15) is 78.3 Å². The lowest BCUT2D eigenvalue weighted by molar-refractivity contribution is 0.140. The molecule has 0 saturated heterocycles. The van der Waals surface area contributed by atoms with Crippen LogP contribution >= 0.6 is 0 Å². The van der Waals surface area contributed by atoms with Gasteiger partial charge in [-0.3, -0.25) is 0 Å². The van der Waals surface area contributed by atoms with Gasteiger partial charge in [0, 0.05) is 17.8 Å². The van der Waals surface area contributed by atoms with E-state index in [2.05, 4.69) is 80.9 Å². The smallest absolute Gasteiger partial charge is 0.208 e. The summed E-state index contributed by atoms with van der Waals surface area (Å²) in [7, 11) is 0. The van der Waals surface area contributed by atoms with Crippen LogP contribution in [0.15, 0.2) is 42.5 Å². The van der Waals surface area contributed by atoms with Crippen LogP contribution < -0.4 is 10.1 Å². The van der Waals surface area contributed by atoms with E-state index in [1.165, 1.54) is 18.4 Å². The van der Waals surface area contributed by atoms with Gasteiger partial charge in [0.25, 0.3) is 0 Å². The molecule has 4 nitrogen and oxygen atoms in total. The maximum absolute atomic E-state index is 5.82. The molecule has 0 aliphatic heterocycles. The van der Waals surface area contributed by atoms with Gasteiger partial charge in [-0.15, -0.1) is 0 Å². The Kier molecular flexibility index (Phi) is 6.00. The Morgan fingerprint density at radius 2 is 1.87 bits per heavy atom. The first-order chi connectivity index (χ1) is 14.8. The first kappa shape index (κ1) is 21.7. The van der Waals surface area contributed by atoms with Gasteiger partial charge in [-0.05, 0) is 73.3 Å². The Labute approximate surface area is 187 Å². The number of benzene rings is 2. The summed E-state index contributed by atoms with van der Waals surface area (Å²) < 4.78 is 8.26. The molecule has 0 radical (unpaired) electrons. The van der Waals surface area contributed by atoms with E-state index in [1.54, 1.807) is 0 Å². The van der Waals surface area contributed by atoms with Gasteiger partial charge < -0.3 is 14.6 Å². The molecular weight excluding hydrogens is 382 g/mol. The lowest BCUT2D eigenvalue weighted by atomic mass is 9.70. The molecular formula is C27H37N3O. The normalized spacial score (nSPS) is 20.9. The number of nitrogens with one attached hydrogen (secondary N) is 1. The minimum absolute atomic E-state index is 0.326. The summed E-state index contributed by atoms with van der Waals surface area (Å²) >= 11 is 0. The summed E-state index contributed by atoms with van der Waals surface area (Å²) in [5, 5.41) is 3.63. The molecule has 1 heterocycles. The molecule has 1 aliphatic rings. The van der Waals surface area contributed by atoms with Crippen LogP contribution in [-0.4, -0.2) is 16.2 Å². The van der Waals surface area contributed by atoms with Crippen LogP contribution in [0.2, 0.25) is 0 Å².